The van der Waals surface area contributed by atoms with Crippen LogP contribution in [0.15, 0.2) is 65.6 Å². The highest BCUT2D eigenvalue weighted by atomic mass is 19.4. The zero-order valence-corrected chi connectivity index (χ0v) is 13.3. The summed E-state index contributed by atoms with van der Waals surface area (Å²) in [5.41, 5.74) is 0.257. The van der Waals surface area contributed by atoms with Crippen molar-refractivity contribution in [2.24, 2.45) is 0 Å². The zero-order chi connectivity index (χ0) is 18.3. The minimum atomic E-state index is -4.50. The van der Waals surface area contributed by atoms with Gasteiger partial charge >= 0.3 is 6.18 Å². The van der Waals surface area contributed by atoms with Gasteiger partial charge in [-0.15, -0.1) is 0 Å². The monoisotopic (exact) mass is 355 g/mol. The third kappa shape index (κ3) is 2.77. The number of pyridine rings is 2. The number of anilines is 2. The Kier molecular flexibility index (Phi) is 3.64. The van der Waals surface area contributed by atoms with E-state index in [0.29, 0.717) is 11.1 Å². The van der Waals surface area contributed by atoms with E-state index in [2.05, 4.69) is 15.3 Å². The van der Waals surface area contributed by atoms with Crippen LogP contribution in [0.2, 0.25) is 0 Å². The Labute approximate surface area is 145 Å². The fourth-order valence-electron chi connectivity index (χ4n) is 2.91. The fourth-order valence-corrected chi connectivity index (χ4v) is 2.91. The second kappa shape index (κ2) is 5.87. The number of alkyl halides is 3. The number of hydrogen-bond acceptors (Lipinski definition) is 3. The number of nitrogens with zero attached hydrogens (tertiary/aromatic N) is 1. The Balaban J connectivity index is 2.04. The molecular formula is C19H12F3N3O. The van der Waals surface area contributed by atoms with Gasteiger partial charge in [0.25, 0.3) is 5.56 Å². The summed E-state index contributed by atoms with van der Waals surface area (Å²) in [5, 5.41) is 3.98. The van der Waals surface area contributed by atoms with Crippen molar-refractivity contribution in [2.45, 2.75) is 6.18 Å². The fraction of sp³-hybridized carbons (Fsp3) is 0.0526. The van der Waals surface area contributed by atoms with Crippen molar-refractivity contribution in [2.75, 3.05) is 5.32 Å². The first kappa shape index (κ1) is 16.1. The van der Waals surface area contributed by atoms with Gasteiger partial charge < -0.3 is 10.3 Å². The predicted octanol–water partition coefficient (Wildman–Crippen LogP) is 4.84. The van der Waals surface area contributed by atoms with Crippen LogP contribution in [-0.2, 0) is 6.18 Å². The number of benzene rings is 2. The first-order valence-corrected chi connectivity index (χ1v) is 7.77. The number of fused-ring (bicyclic) bond motifs is 3. The molecule has 0 unspecified atom stereocenters. The van der Waals surface area contributed by atoms with E-state index in [1.807, 2.05) is 30.3 Å². The Bertz CT molecular complexity index is 1170. The van der Waals surface area contributed by atoms with Gasteiger partial charge in [0.15, 0.2) is 0 Å². The molecule has 0 saturated heterocycles. The van der Waals surface area contributed by atoms with E-state index in [9.17, 15) is 18.0 Å². The maximum atomic E-state index is 13.1. The van der Waals surface area contributed by atoms with Gasteiger partial charge in [0.2, 0.25) is 0 Å². The van der Waals surface area contributed by atoms with Gasteiger partial charge in [-0.3, -0.25) is 4.79 Å². The van der Waals surface area contributed by atoms with Crippen LogP contribution >= 0.6 is 0 Å². The van der Waals surface area contributed by atoms with Crippen molar-refractivity contribution in [3.05, 3.63) is 76.7 Å². The smallest absolute Gasteiger partial charge is 0.355 e. The normalized spacial score (nSPS) is 11.8. The molecule has 4 aromatic rings. The van der Waals surface area contributed by atoms with Crippen LogP contribution in [0.25, 0.3) is 21.8 Å². The average Bonchev–Trinajstić information content (AvgIpc) is 2.61. The Morgan fingerprint density at radius 2 is 1.73 bits per heavy atom. The minimum Gasteiger partial charge on any atom is -0.355 e. The molecule has 4 rings (SSSR count). The molecule has 0 fully saturated rings. The maximum absolute atomic E-state index is 13.1. The van der Waals surface area contributed by atoms with E-state index in [1.54, 1.807) is 6.07 Å². The van der Waals surface area contributed by atoms with Crippen LogP contribution in [0.4, 0.5) is 24.5 Å². The van der Waals surface area contributed by atoms with Crippen molar-refractivity contribution in [1.82, 2.24) is 9.97 Å². The number of aromatic amines is 1. The molecule has 0 radical (unpaired) electrons. The summed E-state index contributed by atoms with van der Waals surface area (Å²) in [5.74, 6) is 0. The maximum Gasteiger partial charge on any atom is 0.416 e. The number of nitrogens with one attached hydrogen (secondary N) is 2. The predicted molar refractivity (Wildman–Crippen MR) is 94.6 cm³/mol. The quantitative estimate of drug-likeness (QED) is 0.506. The van der Waals surface area contributed by atoms with Crippen molar-refractivity contribution >= 4 is 33.2 Å². The van der Waals surface area contributed by atoms with Gasteiger partial charge in [-0.05, 0) is 36.4 Å². The van der Waals surface area contributed by atoms with Gasteiger partial charge in [-0.1, -0.05) is 18.2 Å². The van der Waals surface area contributed by atoms with Crippen LogP contribution < -0.4 is 10.9 Å². The van der Waals surface area contributed by atoms with E-state index in [1.165, 1.54) is 12.3 Å². The van der Waals surface area contributed by atoms with Crippen molar-refractivity contribution in [1.29, 1.82) is 0 Å². The van der Waals surface area contributed by atoms with Crippen LogP contribution in [0, 0.1) is 0 Å². The van der Waals surface area contributed by atoms with Gasteiger partial charge in [-0.25, -0.2) is 4.98 Å². The molecule has 0 saturated carbocycles. The highest BCUT2D eigenvalue weighted by Crippen LogP contribution is 2.35. The summed E-state index contributed by atoms with van der Waals surface area (Å²) < 4.78 is 39.4. The lowest BCUT2D eigenvalue weighted by atomic mass is 10.0. The molecule has 26 heavy (non-hydrogen) atoms. The lowest BCUT2D eigenvalue weighted by molar-refractivity contribution is -0.137. The summed E-state index contributed by atoms with van der Waals surface area (Å²) in [6, 6.07) is 14.0. The Hall–Kier alpha value is -3.35. The number of halogens is 3. The van der Waals surface area contributed by atoms with Gasteiger partial charge in [0, 0.05) is 28.0 Å². The standard InChI is InChI=1S/C19H12F3N3O/c20-19(21,22)11-6-7-13-14(10-11)16-15(24-12-4-2-1-3-5-12)8-9-23-17(16)25-18(13)26/h1-10H,(H2,23,24,25,26). The first-order chi connectivity index (χ1) is 12.4. The number of hydrogen-bond donors (Lipinski definition) is 2. The van der Waals surface area contributed by atoms with Crippen LogP contribution in [-0.4, -0.2) is 9.97 Å². The molecule has 2 heterocycles. The lowest BCUT2D eigenvalue weighted by Gasteiger charge is -2.13. The zero-order valence-electron chi connectivity index (χ0n) is 13.3. The van der Waals surface area contributed by atoms with Crippen molar-refractivity contribution in [3.8, 4) is 0 Å². The highest BCUT2D eigenvalue weighted by Gasteiger charge is 2.31. The molecule has 0 amide bonds. The summed E-state index contributed by atoms with van der Waals surface area (Å²) in [6.07, 6.45) is -3.01. The molecule has 2 aromatic carbocycles. The molecule has 0 aliphatic carbocycles. The molecule has 0 spiro atoms. The second-order valence-electron chi connectivity index (χ2n) is 5.79. The summed E-state index contributed by atoms with van der Waals surface area (Å²) in [4.78, 5) is 19.0. The summed E-state index contributed by atoms with van der Waals surface area (Å²) >= 11 is 0. The van der Waals surface area contributed by atoms with Gasteiger partial charge in [-0.2, -0.15) is 13.2 Å². The van der Waals surface area contributed by atoms with Crippen LogP contribution in [0.5, 0.6) is 0 Å². The number of H-pyrrole nitrogens is 1. The topological polar surface area (TPSA) is 57.8 Å². The average molecular weight is 355 g/mol. The molecule has 0 atom stereocenters. The van der Waals surface area contributed by atoms with Gasteiger partial charge in [0.05, 0.1) is 11.3 Å². The van der Waals surface area contributed by atoms with Gasteiger partial charge in [0.1, 0.15) is 5.65 Å². The molecule has 7 heteroatoms. The lowest BCUT2D eigenvalue weighted by Crippen LogP contribution is -2.10. The first-order valence-electron chi connectivity index (χ1n) is 7.77. The molecule has 2 N–H and O–H groups in total. The summed E-state index contributed by atoms with van der Waals surface area (Å²) in [6.45, 7) is 0. The molecule has 2 aromatic heterocycles. The third-order valence-corrected chi connectivity index (χ3v) is 4.10. The Morgan fingerprint density at radius 3 is 2.46 bits per heavy atom. The van der Waals surface area contributed by atoms with Crippen molar-refractivity contribution < 1.29 is 13.2 Å². The molecule has 4 nitrogen and oxygen atoms in total. The van der Waals surface area contributed by atoms with Crippen LogP contribution in [0.1, 0.15) is 5.56 Å². The van der Waals surface area contributed by atoms with E-state index in [-0.39, 0.29) is 16.4 Å². The minimum absolute atomic E-state index is 0.176. The summed E-state index contributed by atoms with van der Waals surface area (Å²) in [7, 11) is 0. The second-order valence-corrected chi connectivity index (χ2v) is 5.79. The number of rotatable bonds is 2. The third-order valence-electron chi connectivity index (χ3n) is 4.10. The highest BCUT2D eigenvalue weighted by molar-refractivity contribution is 6.11. The SMILES string of the molecule is O=c1[nH]c2nccc(Nc3ccccc3)c2c2cc(C(F)(F)F)ccc12. The molecule has 0 bridgehead atoms. The molecule has 130 valence electrons. The van der Waals surface area contributed by atoms with E-state index in [4.69, 9.17) is 0 Å². The van der Waals surface area contributed by atoms with E-state index >= 15 is 0 Å². The Morgan fingerprint density at radius 1 is 0.962 bits per heavy atom. The molecular weight excluding hydrogens is 343 g/mol. The van der Waals surface area contributed by atoms with E-state index < -0.39 is 17.3 Å². The number of aromatic nitrogens is 2. The van der Waals surface area contributed by atoms with Crippen molar-refractivity contribution in [3.63, 3.8) is 0 Å². The van der Waals surface area contributed by atoms with Crippen LogP contribution in [0.3, 0.4) is 0 Å². The largest absolute Gasteiger partial charge is 0.416 e. The number of para-hydroxylation sites is 1. The molecule has 0 aliphatic heterocycles. The molecule has 0 aliphatic rings. The van der Waals surface area contributed by atoms with E-state index in [0.717, 1.165) is 17.8 Å².